The maximum atomic E-state index is 12.3. The van der Waals surface area contributed by atoms with Gasteiger partial charge in [-0.3, -0.25) is 19.7 Å². The molecular weight excluding hydrogens is 292 g/mol. The number of carbonyl (C=O) groups excluding carboxylic acids is 3. The molecular formula is C18H22N2O3. The van der Waals surface area contributed by atoms with Gasteiger partial charge in [0.1, 0.15) is 0 Å². The number of imide groups is 1. The summed E-state index contributed by atoms with van der Waals surface area (Å²) in [6.07, 6.45) is 3.01. The molecule has 1 aromatic carbocycles. The van der Waals surface area contributed by atoms with E-state index in [1.54, 1.807) is 0 Å². The second-order valence-corrected chi connectivity index (χ2v) is 6.42. The van der Waals surface area contributed by atoms with Gasteiger partial charge in [0.25, 0.3) is 0 Å². The lowest BCUT2D eigenvalue weighted by molar-refractivity contribution is -0.132. The van der Waals surface area contributed by atoms with Gasteiger partial charge in [-0.2, -0.15) is 0 Å². The number of rotatable bonds is 4. The SMILES string of the molecule is O=C1C[C@@H](CCC(=O)N2CCC(c3ccccc3)CC2)C(=O)N1. The minimum atomic E-state index is -0.326. The number of piperidine rings is 1. The van der Waals surface area contributed by atoms with Crippen molar-refractivity contribution in [1.82, 2.24) is 10.2 Å². The van der Waals surface area contributed by atoms with E-state index in [1.807, 2.05) is 11.0 Å². The maximum absolute atomic E-state index is 12.3. The fourth-order valence-corrected chi connectivity index (χ4v) is 3.48. The fourth-order valence-electron chi connectivity index (χ4n) is 3.48. The van der Waals surface area contributed by atoms with Crippen LogP contribution in [0.15, 0.2) is 30.3 Å². The van der Waals surface area contributed by atoms with Gasteiger partial charge in [0.15, 0.2) is 0 Å². The van der Waals surface area contributed by atoms with Gasteiger partial charge in [-0.25, -0.2) is 0 Å². The summed E-state index contributed by atoms with van der Waals surface area (Å²) in [5.74, 6) is -0.155. The predicted octanol–water partition coefficient (Wildman–Crippen LogP) is 1.84. The summed E-state index contributed by atoms with van der Waals surface area (Å²) < 4.78 is 0. The molecule has 5 heteroatoms. The minimum Gasteiger partial charge on any atom is -0.343 e. The van der Waals surface area contributed by atoms with E-state index in [-0.39, 0.29) is 30.1 Å². The summed E-state index contributed by atoms with van der Waals surface area (Å²) in [5, 5.41) is 2.29. The van der Waals surface area contributed by atoms with Crippen LogP contribution in [0.5, 0.6) is 0 Å². The number of nitrogens with one attached hydrogen (secondary N) is 1. The quantitative estimate of drug-likeness (QED) is 0.862. The Morgan fingerprint density at radius 1 is 1.13 bits per heavy atom. The molecule has 0 spiro atoms. The van der Waals surface area contributed by atoms with Gasteiger partial charge in [0, 0.05) is 31.8 Å². The van der Waals surface area contributed by atoms with Crippen molar-refractivity contribution in [2.75, 3.05) is 13.1 Å². The Morgan fingerprint density at radius 3 is 2.43 bits per heavy atom. The third-order valence-electron chi connectivity index (χ3n) is 4.89. The highest BCUT2D eigenvalue weighted by Gasteiger charge is 2.31. The molecule has 2 saturated heterocycles. The van der Waals surface area contributed by atoms with Gasteiger partial charge in [-0.05, 0) is 30.7 Å². The van der Waals surface area contributed by atoms with Gasteiger partial charge < -0.3 is 4.90 Å². The molecule has 0 aliphatic carbocycles. The van der Waals surface area contributed by atoms with Gasteiger partial charge in [0.2, 0.25) is 17.7 Å². The van der Waals surface area contributed by atoms with Crippen molar-refractivity contribution in [3.05, 3.63) is 35.9 Å². The first-order valence-electron chi connectivity index (χ1n) is 8.30. The average molecular weight is 314 g/mol. The molecule has 0 saturated carbocycles. The molecule has 0 radical (unpaired) electrons. The first-order valence-corrected chi connectivity index (χ1v) is 8.30. The topological polar surface area (TPSA) is 66.5 Å². The highest BCUT2D eigenvalue weighted by Crippen LogP contribution is 2.28. The van der Waals surface area contributed by atoms with Gasteiger partial charge in [-0.15, -0.1) is 0 Å². The van der Waals surface area contributed by atoms with Crippen molar-refractivity contribution in [2.24, 2.45) is 5.92 Å². The second-order valence-electron chi connectivity index (χ2n) is 6.42. The fraction of sp³-hybridized carbons (Fsp3) is 0.500. The maximum Gasteiger partial charge on any atom is 0.230 e. The van der Waals surface area contributed by atoms with Crippen LogP contribution in [0.25, 0.3) is 0 Å². The van der Waals surface area contributed by atoms with Gasteiger partial charge in [-0.1, -0.05) is 30.3 Å². The molecule has 1 aromatic rings. The molecule has 0 aromatic heterocycles. The molecule has 2 aliphatic rings. The molecule has 1 N–H and O–H groups in total. The Hall–Kier alpha value is -2.17. The van der Waals surface area contributed by atoms with Crippen molar-refractivity contribution in [3.8, 4) is 0 Å². The van der Waals surface area contributed by atoms with E-state index >= 15 is 0 Å². The smallest absolute Gasteiger partial charge is 0.230 e. The van der Waals surface area contributed by atoms with E-state index in [2.05, 4.69) is 29.6 Å². The average Bonchev–Trinajstić information content (AvgIpc) is 2.91. The van der Waals surface area contributed by atoms with Crippen LogP contribution in [0.1, 0.15) is 43.6 Å². The lowest BCUT2D eigenvalue weighted by Gasteiger charge is -2.32. The molecule has 23 heavy (non-hydrogen) atoms. The second kappa shape index (κ2) is 6.94. The third-order valence-corrected chi connectivity index (χ3v) is 4.89. The molecule has 1 atom stereocenters. The van der Waals surface area contributed by atoms with Crippen LogP contribution in [0.2, 0.25) is 0 Å². The zero-order chi connectivity index (χ0) is 16.2. The molecule has 2 aliphatic heterocycles. The summed E-state index contributed by atoms with van der Waals surface area (Å²) in [6.45, 7) is 1.54. The van der Waals surface area contributed by atoms with E-state index < -0.39 is 0 Å². The molecule has 0 bridgehead atoms. The van der Waals surface area contributed by atoms with Crippen LogP contribution in [0.3, 0.4) is 0 Å². The molecule has 3 rings (SSSR count). The molecule has 5 nitrogen and oxygen atoms in total. The standard InChI is InChI=1S/C18H22N2O3/c21-16-12-15(18(23)19-16)6-7-17(22)20-10-8-14(9-11-20)13-4-2-1-3-5-13/h1-5,14-15H,6-12H2,(H,19,21,23)/t15-/m1/s1. The Balaban J connectivity index is 1.45. The summed E-state index contributed by atoms with van der Waals surface area (Å²) >= 11 is 0. The highest BCUT2D eigenvalue weighted by molar-refractivity contribution is 6.03. The van der Waals surface area contributed by atoms with Crippen molar-refractivity contribution in [1.29, 1.82) is 0 Å². The van der Waals surface area contributed by atoms with Crippen LogP contribution in [0, 0.1) is 5.92 Å². The van der Waals surface area contributed by atoms with Crippen LogP contribution in [-0.2, 0) is 14.4 Å². The lowest BCUT2D eigenvalue weighted by Crippen LogP contribution is -2.38. The Morgan fingerprint density at radius 2 is 1.83 bits per heavy atom. The summed E-state index contributed by atoms with van der Waals surface area (Å²) in [6, 6.07) is 10.4. The number of benzene rings is 1. The summed E-state index contributed by atoms with van der Waals surface area (Å²) in [5.41, 5.74) is 1.35. The van der Waals surface area contributed by atoms with E-state index in [0.717, 1.165) is 25.9 Å². The Labute approximate surface area is 136 Å². The van der Waals surface area contributed by atoms with Gasteiger partial charge >= 0.3 is 0 Å². The van der Waals surface area contributed by atoms with Gasteiger partial charge in [0.05, 0.1) is 0 Å². The zero-order valence-electron chi connectivity index (χ0n) is 13.2. The van der Waals surface area contributed by atoms with Crippen molar-refractivity contribution in [3.63, 3.8) is 0 Å². The zero-order valence-corrected chi connectivity index (χ0v) is 13.2. The van der Waals surface area contributed by atoms with E-state index in [4.69, 9.17) is 0 Å². The first kappa shape index (κ1) is 15.7. The summed E-state index contributed by atoms with van der Waals surface area (Å²) in [4.78, 5) is 36.9. The monoisotopic (exact) mass is 314 g/mol. The molecule has 3 amide bonds. The normalized spacial score (nSPS) is 22.3. The first-order chi connectivity index (χ1) is 11.1. The lowest BCUT2D eigenvalue weighted by atomic mass is 9.89. The van der Waals surface area contributed by atoms with Crippen LogP contribution < -0.4 is 5.32 Å². The highest BCUT2D eigenvalue weighted by atomic mass is 16.2. The number of amides is 3. The number of nitrogens with zero attached hydrogens (tertiary/aromatic N) is 1. The minimum absolute atomic E-state index is 0.101. The van der Waals surface area contributed by atoms with Crippen molar-refractivity contribution < 1.29 is 14.4 Å². The van der Waals surface area contributed by atoms with Crippen LogP contribution >= 0.6 is 0 Å². The van der Waals surface area contributed by atoms with Crippen molar-refractivity contribution >= 4 is 17.7 Å². The molecule has 0 unspecified atom stereocenters. The summed E-state index contributed by atoms with van der Waals surface area (Å²) in [7, 11) is 0. The predicted molar refractivity (Wildman–Crippen MR) is 85.5 cm³/mol. The number of hydrogen-bond acceptors (Lipinski definition) is 3. The Bertz CT molecular complexity index is 592. The molecule has 122 valence electrons. The third kappa shape index (κ3) is 3.78. The van der Waals surface area contributed by atoms with E-state index in [0.29, 0.717) is 18.8 Å². The number of carbonyl (C=O) groups is 3. The number of hydrogen-bond donors (Lipinski definition) is 1. The van der Waals surface area contributed by atoms with E-state index in [1.165, 1.54) is 5.56 Å². The Kier molecular flexibility index (Phi) is 4.74. The van der Waals surface area contributed by atoms with Crippen molar-refractivity contribution in [2.45, 2.75) is 38.0 Å². The van der Waals surface area contributed by atoms with Crippen LogP contribution in [0.4, 0.5) is 0 Å². The number of likely N-dealkylation sites (tertiary alicyclic amines) is 1. The van der Waals surface area contributed by atoms with Crippen LogP contribution in [-0.4, -0.2) is 35.7 Å². The van der Waals surface area contributed by atoms with E-state index in [9.17, 15) is 14.4 Å². The molecule has 2 fully saturated rings. The molecule has 2 heterocycles. The largest absolute Gasteiger partial charge is 0.343 e.